The Morgan fingerprint density at radius 1 is 1.07 bits per heavy atom. The number of hydrogen-bond acceptors (Lipinski definition) is 5. The lowest BCUT2D eigenvalue weighted by Crippen LogP contribution is -2.43. The lowest BCUT2D eigenvalue weighted by Gasteiger charge is -2.37. The van der Waals surface area contributed by atoms with Crippen LogP contribution in [0.25, 0.3) is 0 Å². The molecule has 0 bridgehead atoms. The molecule has 0 N–H and O–H groups in total. The predicted octanol–water partition coefficient (Wildman–Crippen LogP) is 3.70. The van der Waals surface area contributed by atoms with Gasteiger partial charge in [-0.25, -0.2) is 0 Å². The third-order valence-electron chi connectivity index (χ3n) is 4.51. The summed E-state index contributed by atoms with van der Waals surface area (Å²) in [5.41, 5.74) is 1.32. The molecule has 0 aromatic heterocycles. The number of rotatable bonds is 6. The number of ether oxygens (including phenoxy) is 4. The number of benzene rings is 2. The van der Waals surface area contributed by atoms with Crippen LogP contribution in [0, 0.1) is 0 Å². The van der Waals surface area contributed by atoms with Crippen LogP contribution < -0.4 is 14.2 Å². The van der Waals surface area contributed by atoms with Gasteiger partial charge in [-0.3, -0.25) is 4.79 Å². The number of methoxy groups -OCH3 is 2. The summed E-state index contributed by atoms with van der Waals surface area (Å²) in [6.45, 7) is 0.335. The van der Waals surface area contributed by atoms with E-state index in [1.54, 1.807) is 23.1 Å². The Morgan fingerprint density at radius 2 is 1.69 bits per heavy atom. The number of carbonyl (C=O) groups is 1. The zero-order valence-corrected chi connectivity index (χ0v) is 15.9. The SMILES string of the molecule is COc1cccc(OC)c1[C@@H]1COCC(=O)N1Cc1ccc(OC(F)(F)F)cc1. The smallest absolute Gasteiger partial charge is 0.496 e. The maximum Gasteiger partial charge on any atom is 0.573 e. The number of alkyl halides is 3. The average Bonchev–Trinajstić information content (AvgIpc) is 2.69. The molecular weight excluding hydrogens is 391 g/mol. The molecule has 1 aliphatic heterocycles. The zero-order chi connectivity index (χ0) is 21.0. The van der Waals surface area contributed by atoms with Gasteiger partial charge >= 0.3 is 6.36 Å². The van der Waals surface area contributed by atoms with Crippen molar-refractivity contribution in [3.05, 3.63) is 53.6 Å². The molecular formula is C20H20F3NO5. The van der Waals surface area contributed by atoms with Gasteiger partial charge in [-0.2, -0.15) is 0 Å². The molecule has 0 saturated carbocycles. The van der Waals surface area contributed by atoms with Gasteiger partial charge in [0.15, 0.2) is 0 Å². The normalized spacial score (nSPS) is 17.2. The minimum Gasteiger partial charge on any atom is -0.496 e. The minimum atomic E-state index is -4.76. The second kappa shape index (κ2) is 8.60. The number of carbonyl (C=O) groups excluding carboxylic acids is 1. The molecule has 1 atom stereocenters. The quantitative estimate of drug-likeness (QED) is 0.726. The molecule has 2 aromatic rings. The summed E-state index contributed by atoms with van der Waals surface area (Å²) in [5.74, 6) is 0.528. The maximum absolute atomic E-state index is 12.6. The summed E-state index contributed by atoms with van der Waals surface area (Å²) >= 11 is 0. The van der Waals surface area contributed by atoms with Crippen LogP contribution in [-0.2, 0) is 16.1 Å². The lowest BCUT2D eigenvalue weighted by atomic mass is 10.0. The van der Waals surface area contributed by atoms with Crippen LogP contribution in [0.5, 0.6) is 17.2 Å². The van der Waals surface area contributed by atoms with Crippen molar-refractivity contribution in [3.63, 3.8) is 0 Å². The molecule has 2 aromatic carbocycles. The Balaban J connectivity index is 1.88. The third-order valence-corrected chi connectivity index (χ3v) is 4.51. The molecule has 0 aliphatic carbocycles. The molecule has 29 heavy (non-hydrogen) atoms. The molecule has 3 rings (SSSR count). The van der Waals surface area contributed by atoms with Crippen molar-refractivity contribution < 1.29 is 36.9 Å². The number of hydrogen-bond donors (Lipinski definition) is 0. The van der Waals surface area contributed by atoms with Crippen molar-refractivity contribution >= 4 is 5.91 Å². The van der Waals surface area contributed by atoms with E-state index in [0.717, 1.165) is 0 Å². The zero-order valence-electron chi connectivity index (χ0n) is 15.9. The summed E-state index contributed by atoms with van der Waals surface area (Å²) in [4.78, 5) is 14.2. The van der Waals surface area contributed by atoms with Gasteiger partial charge in [0.05, 0.1) is 32.4 Å². The summed E-state index contributed by atoms with van der Waals surface area (Å²) in [7, 11) is 3.04. The lowest BCUT2D eigenvalue weighted by molar-refractivity contribution is -0.274. The molecule has 1 saturated heterocycles. The van der Waals surface area contributed by atoms with Crippen LogP contribution >= 0.6 is 0 Å². The van der Waals surface area contributed by atoms with Crippen molar-refractivity contribution in [1.29, 1.82) is 0 Å². The first-order chi connectivity index (χ1) is 13.8. The Morgan fingerprint density at radius 3 is 2.24 bits per heavy atom. The number of nitrogens with zero attached hydrogens (tertiary/aromatic N) is 1. The molecule has 9 heteroatoms. The number of amides is 1. The monoisotopic (exact) mass is 411 g/mol. The van der Waals surface area contributed by atoms with Crippen LogP contribution in [-0.4, -0.2) is 44.6 Å². The highest BCUT2D eigenvalue weighted by molar-refractivity contribution is 5.79. The minimum absolute atomic E-state index is 0.0801. The van der Waals surface area contributed by atoms with Crippen molar-refractivity contribution in [2.45, 2.75) is 18.9 Å². The van der Waals surface area contributed by atoms with Gasteiger partial charge in [0.1, 0.15) is 23.9 Å². The number of halogens is 3. The van der Waals surface area contributed by atoms with Crippen LogP contribution in [0.4, 0.5) is 13.2 Å². The van der Waals surface area contributed by atoms with Crippen LogP contribution in [0.15, 0.2) is 42.5 Å². The van der Waals surface area contributed by atoms with Gasteiger partial charge < -0.3 is 23.8 Å². The van der Waals surface area contributed by atoms with E-state index < -0.39 is 12.4 Å². The average molecular weight is 411 g/mol. The van der Waals surface area contributed by atoms with Gasteiger partial charge in [-0.15, -0.1) is 13.2 Å². The highest BCUT2D eigenvalue weighted by Crippen LogP contribution is 2.39. The fourth-order valence-corrected chi connectivity index (χ4v) is 3.24. The summed E-state index contributed by atoms with van der Waals surface area (Å²) < 4.78 is 57.2. The molecule has 1 heterocycles. The Bertz CT molecular complexity index is 832. The van der Waals surface area contributed by atoms with E-state index in [-0.39, 0.29) is 31.4 Å². The van der Waals surface area contributed by atoms with Crippen LogP contribution in [0.1, 0.15) is 17.2 Å². The standard InChI is InChI=1S/C20H20F3NO5/c1-26-16-4-3-5-17(27-2)19(16)15-11-28-12-18(25)24(15)10-13-6-8-14(9-7-13)29-20(21,22)23/h3-9,15H,10-12H2,1-2H3/t15-/m0/s1. The van der Waals surface area contributed by atoms with Crippen molar-refractivity contribution in [2.75, 3.05) is 27.4 Å². The molecule has 1 amide bonds. The van der Waals surface area contributed by atoms with Crippen LogP contribution in [0.3, 0.4) is 0 Å². The van der Waals surface area contributed by atoms with Gasteiger partial charge in [0.25, 0.3) is 0 Å². The maximum atomic E-state index is 12.6. The third kappa shape index (κ3) is 4.92. The Kier molecular flexibility index (Phi) is 6.17. The first-order valence-electron chi connectivity index (χ1n) is 8.75. The van der Waals surface area contributed by atoms with E-state index in [0.29, 0.717) is 22.6 Å². The van der Waals surface area contributed by atoms with Gasteiger partial charge in [0.2, 0.25) is 5.91 Å². The fraction of sp³-hybridized carbons (Fsp3) is 0.350. The first kappa shape index (κ1) is 20.8. The first-order valence-corrected chi connectivity index (χ1v) is 8.75. The van der Waals surface area contributed by atoms with E-state index >= 15 is 0 Å². The summed E-state index contributed by atoms with van der Waals surface area (Å²) in [6, 6.07) is 10.2. The topological polar surface area (TPSA) is 57.2 Å². The van der Waals surface area contributed by atoms with E-state index in [4.69, 9.17) is 14.2 Å². The van der Waals surface area contributed by atoms with E-state index in [2.05, 4.69) is 4.74 Å². The molecule has 0 unspecified atom stereocenters. The molecule has 0 spiro atoms. The summed E-state index contributed by atoms with van der Waals surface area (Å²) in [5, 5.41) is 0. The van der Waals surface area contributed by atoms with Gasteiger partial charge in [-0.1, -0.05) is 18.2 Å². The van der Waals surface area contributed by atoms with E-state index in [9.17, 15) is 18.0 Å². The van der Waals surface area contributed by atoms with Crippen molar-refractivity contribution in [3.8, 4) is 17.2 Å². The highest BCUT2D eigenvalue weighted by atomic mass is 19.4. The predicted molar refractivity (Wildman–Crippen MR) is 96.8 cm³/mol. The fourth-order valence-electron chi connectivity index (χ4n) is 3.24. The molecule has 1 aliphatic rings. The van der Waals surface area contributed by atoms with Crippen LogP contribution in [0.2, 0.25) is 0 Å². The Hall–Kier alpha value is -2.94. The highest BCUT2D eigenvalue weighted by Gasteiger charge is 2.34. The molecule has 0 radical (unpaired) electrons. The van der Waals surface area contributed by atoms with E-state index in [1.807, 2.05) is 0 Å². The molecule has 1 fully saturated rings. The summed E-state index contributed by atoms with van der Waals surface area (Å²) in [6.07, 6.45) is -4.76. The van der Waals surface area contributed by atoms with Crippen molar-refractivity contribution in [1.82, 2.24) is 4.90 Å². The molecule has 6 nitrogen and oxygen atoms in total. The van der Waals surface area contributed by atoms with E-state index in [1.165, 1.54) is 38.5 Å². The largest absolute Gasteiger partial charge is 0.573 e. The van der Waals surface area contributed by atoms with Gasteiger partial charge in [-0.05, 0) is 29.8 Å². The molecule has 156 valence electrons. The van der Waals surface area contributed by atoms with Crippen molar-refractivity contribution in [2.24, 2.45) is 0 Å². The second-order valence-electron chi connectivity index (χ2n) is 6.32. The Labute approximate surface area is 165 Å². The number of morpholine rings is 1. The second-order valence-corrected chi connectivity index (χ2v) is 6.32. The van der Waals surface area contributed by atoms with Gasteiger partial charge in [0, 0.05) is 6.54 Å².